The van der Waals surface area contributed by atoms with Crippen LogP contribution < -0.4 is 0 Å². The Morgan fingerprint density at radius 2 is 1.23 bits per heavy atom. The van der Waals surface area contributed by atoms with E-state index in [2.05, 4.69) is 61.0 Å². The first kappa shape index (κ1) is 21.1. The molecule has 0 fully saturated rings. The fourth-order valence-electron chi connectivity index (χ4n) is 2.34. The van der Waals surface area contributed by atoms with Gasteiger partial charge in [-0.25, -0.2) is 0 Å². The zero-order chi connectivity index (χ0) is 18.8. The van der Waals surface area contributed by atoms with Crippen LogP contribution in [0.5, 0.6) is 0 Å². The molecule has 26 heavy (non-hydrogen) atoms. The molecule has 2 aromatic carbocycles. The largest absolute Gasteiger partial charge is 0.374 e. The molecule has 0 aliphatic heterocycles. The minimum Gasteiger partial charge on any atom is -0.374 e. The Labute approximate surface area is 165 Å². The second-order valence-corrected chi connectivity index (χ2v) is 9.01. The zero-order valence-corrected chi connectivity index (χ0v) is 17.4. The molecule has 3 nitrogen and oxygen atoms in total. The van der Waals surface area contributed by atoms with Gasteiger partial charge in [0.25, 0.3) is 0 Å². The van der Waals surface area contributed by atoms with E-state index < -0.39 is 0 Å². The molecule has 0 amide bonds. The smallest absolute Gasteiger partial charge is 0.105 e. The molecule has 0 spiro atoms. The molecule has 2 aromatic rings. The van der Waals surface area contributed by atoms with Gasteiger partial charge in [-0.1, -0.05) is 76.6 Å². The fourth-order valence-corrected chi connectivity index (χ4v) is 2.45. The van der Waals surface area contributed by atoms with Crippen LogP contribution in [0.15, 0.2) is 60.7 Å². The van der Waals surface area contributed by atoms with E-state index in [1.807, 2.05) is 36.4 Å². The SMILES string of the molecule is CC(OC(COCc1ccccc1)COCc1ccccc1)C(C)(C)Br. The molecule has 1 atom stereocenters. The summed E-state index contributed by atoms with van der Waals surface area (Å²) >= 11 is 3.68. The van der Waals surface area contributed by atoms with Gasteiger partial charge in [0.1, 0.15) is 6.10 Å². The molecular formula is C22H29BrO3. The number of rotatable bonds is 11. The summed E-state index contributed by atoms with van der Waals surface area (Å²) in [5.41, 5.74) is 2.32. The summed E-state index contributed by atoms with van der Waals surface area (Å²) in [6.07, 6.45) is -0.0811. The van der Waals surface area contributed by atoms with Crippen LogP contribution in [0.2, 0.25) is 0 Å². The second-order valence-electron chi connectivity index (χ2n) is 6.97. The van der Waals surface area contributed by atoms with E-state index in [9.17, 15) is 0 Å². The van der Waals surface area contributed by atoms with E-state index in [1.54, 1.807) is 0 Å². The number of ether oxygens (including phenoxy) is 3. The average molecular weight is 421 g/mol. The van der Waals surface area contributed by atoms with Gasteiger partial charge in [0.15, 0.2) is 0 Å². The normalized spacial score (nSPS) is 13.1. The first-order valence-electron chi connectivity index (χ1n) is 9.03. The van der Waals surface area contributed by atoms with Crippen molar-refractivity contribution in [3.05, 3.63) is 71.8 Å². The Balaban J connectivity index is 1.83. The van der Waals surface area contributed by atoms with Crippen LogP contribution in [0, 0.1) is 0 Å². The van der Waals surface area contributed by atoms with Gasteiger partial charge >= 0.3 is 0 Å². The Morgan fingerprint density at radius 3 is 1.62 bits per heavy atom. The highest BCUT2D eigenvalue weighted by atomic mass is 79.9. The zero-order valence-electron chi connectivity index (χ0n) is 15.9. The van der Waals surface area contributed by atoms with Gasteiger partial charge in [0, 0.05) is 4.32 Å². The molecule has 0 N–H and O–H groups in total. The monoisotopic (exact) mass is 420 g/mol. The minimum atomic E-state index is -0.116. The maximum absolute atomic E-state index is 6.19. The number of halogens is 1. The van der Waals surface area contributed by atoms with Crippen LogP contribution in [0.3, 0.4) is 0 Å². The van der Waals surface area contributed by atoms with Crippen molar-refractivity contribution in [1.82, 2.24) is 0 Å². The third kappa shape index (κ3) is 8.00. The molecule has 1 unspecified atom stereocenters. The fraction of sp³-hybridized carbons (Fsp3) is 0.455. The molecule has 0 saturated carbocycles. The standard InChI is InChI=1S/C22H29BrO3/c1-18(22(2,3)23)26-21(16-24-14-19-10-6-4-7-11-19)17-25-15-20-12-8-5-9-13-20/h4-13,18,21H,14-17H2,1-3H3. The molecule has 0 heterocycles. The van der Waals surface area contributed by atoms with Crippen molar-refractivity contribution < 1.29 is 14.2 Å². The lowest BCUT2D eigenvalue weighted by molar-refractivity contribution is -0.0975. The van der Waals surface area contributed by atoms with Gasteiger partial charge in [0.2, 0.25) is 0 Å². The van der Waals surface area contributed by atoms with E-state index in [4.69, 9.17) is 14.2 Å². The summed E-state index contributed by atoms with van der Waals surface area (Å²) in [7, 11) is 0. The van der Waals surface area contributed by atoms with Gasteiger partial charge in [0.05, 0.1) is 32.5 Å². The highest BCUT2D eigenvalue weighted by molar-refractivity contribution is 9.10. The van der Waals surface area contributed by atoms with E-state index >= 15 is 0 Å². The van der Waals surface area contributed by atoms with Crippen molar-refractivity contribution in [2.24, 2.45) is 0 Å². The number of alkyl halides is 1. The van der Waals surface area contributed by atoms with E-state index in [0.29, 0.717) is 26.4 Å². The third-order valence-electron chi connectivity index (χ3n) is 4.19. The molecule has 0 bridgehead atoms. The van der Waals surface area contributed by atoms with Crippen LogP contribution in [-0.4, -0.2) is 29.7 Å². The van der Waals surface area contributed by atoms with Gasteiger partial charge in [-0.2, -0.15) is 0 Å². The minimum absolute atomic E-state index is 0.0353. The molecule has 0 saturated heterocycles. The number of hydrogen-bond acceptors (Lipinski definition) is 3. The van der Waals surface area contributed by atoms with Crippen LogP contribution >= 0.6 is 15.9 Å². The topological polar surface area (TPSA) is 27.7 Å². The van der Waals surface area contributed by atoms with Gasteiger partial charge < -0.3 is 14.2 Å². The Kier molecular flexibility index (Phi) is 8.79. The first-order valence-corrected chi connectivity index (χ1v) is 9.82. The van der Waals surface area contributed by atoms with Crippen molar-refractivity contribution >= 4 is 15.9 Å². The van der Waals surface area contributed by atoms with Gasteiger partial charge in [-0.05, 0) is 31.9 Å². The van der Waals surface area contributed by atoms with E-state index in [-0.39, 0.29) is 16.5 Å². The van der Waals surface area contributed by atoms with Gasteiger partial charge in [-0.3, -0.25) is 0 Å². The van der Waals surface area contributed by atoms with Gasteiger partial charge in [-0.15, -0.1) is 0 Å². The number of benzene rings is 2. The van der Waals surface area contributed by atoms with Crippen molar-refractivity contribution in [1.29, 1.82) is 0 Å². The van der Waals surface area contributed by atoms with Crippen molar-refractivity contribution in [3.8, 4) is 0 Å². The summed E-state index contributed by atoms with van der Waals surface area (Å²) in [6.45, 7) is 8.41. The van der Waals surface area contributed by atoms with Crippen molar-refractivity contribution in [2.75, 3.05) is 13.2 Å². The predicted molar refractivity (Wildman–Crippen MR) is 110 cm³/mol. The third-order valence-corrected chi connectivity index (χ3v) is 4.84. The molecule has 0 aliphatic rings. The average Bonchev–Trinajstić information content (AvgIpc) is 2.62. The summed E-state index contributed by atoms with van der Waals surface area (Å²) < 4.78 is 17.8. The summed E-state index contributed by atoms with van der Waals surface area (Å²) in [4.78, 5) is 0. The van der Waals surface area contributed by atoms with Crippen molar-refractivity contribution in [2.45, 2.75) is 50.5 Å². The molecule has 4 heteroatoms. The highest BCUT2D eigenvalue weighted by Crippen LogP contribution is 2.24. The summed E-state index contributed by atoms with van der Waals surface area (Å²) in [6, 6.07) is 20.3. The Bertz CT molecular complexity index is 565. The van der Waals surface area contributed by atoms with Crippen LogP contribution in [0.1, 0.15) is 31.9 Å². The molecule has 2 rings (SSSR count). The summed E-state index contributed by atoms with van der Waals surface area (Å²) in [5.74, 6) is 0. The first-order chi connectivity index (χ1) is 12.4. The quantitative estimate of drug-likeness (QED) is 0.457. The van der Waals surface area contributed by atoms with Crippen molar-refractivity contribution in [3.63, 3.8) is 0 Å². The summed E-state index contributed by atoms with van der Waals surface area (Å²) in [5, 5.41) is 0. The molecule has 0 radical (unpaired) electrons. The predicted octanol–water partition coefficient (Wildman–Crippen LogP) is 5.37. The van der Waals surface area contributed by atoms with E-state index in [1.165, 1.54) is 0 Å². The van der Waals surface area contributed by atoms with Crippen LogP contribution in [0.25, 0.3) is 0 Å². The lowest BCUT2D eigenvalue weighted by atomic mass is 10.1. The molecule has 142 valence electrons. The maximum atomic E-state index is 6.19. The van der Waals surface area contributed by atoms with Crippen LogP contribution in [0.4, 0.5) is 0 Å². The lowest BCUT2D eigenvalue weighted by Gasteiger charge is -2.30. The second kappa shape index (κ2) is 10.8. The highest BCUT2D eigenvalue weighted by Gasteiger charge is 2.26. The Morgan fingerprint density at radius 1 is 0.808 bits per heavy atom. The number of hydrogen-bond donors (Lipinski definition) is 0. The molecular weight excluding hydrogens is 392 g/mol. The molecule has 0 aromatic heterocycles. The van der Waals surface area contributed by atoms with Crippen LogP contribution in [-0.2, 0) is 27.4 Å². The lowest BCUT2D eigenvalue weighted by Crippen LogP contribution is -2.37. The van der Waals surface area contributed by atoms with E-state index in [0.717, 1.165) is 11.1 Å². The maximum Gasteiger partial charge on any atom is 0.105 e. The molecule has 0 aliphatic carbocycles. The Hall–Kier alpha value is -1.20.